The SMILES string of the molecule is O=C(c1ccccc1)c1nc(-c2ccccc2)cc2ccccc12. The van der Waals surface area contributed by atoms with Crippen molar-refractivity contribution in [1.82, 2.24) is 4.98 Å². The molecule has 0 amide bonds. The maximum absolute atomic E-state index is 13.0. The van der Waals surface area contributed by atoms with Gasteiger partial charge in [-0.2, -0.15) is 0 Å². The van der Waals surface area contributed by atoms with Crippen LogP contribution in [0.15, 0.2) is 91.0 Å². The van der Waals surface area contributed by atoms with Crippen LogP contribution < -0.4 is 0 Å². The van der Waals surface area contributed by atoms with E-state index in [1.165, 1.54) is 0 Å². The number of hydrogen-bond donors (Lipinski definition) is 0. The van der Waals surface area contributed by atoms with E-state index in [9.17, 15) is 4.79 Å². The normalized spacial score (nSPS) is 10.7. The first kappa shape index (κ1) is 14.3. The monoisotopic (exact) mass is 309 g/mol. The van der Waals surface area contributed by atoms with Gasteiger partial charge in [0.05, 0.1) is 5.69 Å². The van der Waals surface area contributed by atoms with Crippen LogP contribution in [0.3, 0.4) is 0 Å². The molecule has 2 heteroatoms. The summed E-state index contributed by atoms with van der Waals surface area (Å²) in [5.74, 6) is -0.0513. The van der Waals surface area contributed by atoms with E-state index >= 15 is 0 Å². The van der Waals surface area contributed by atoms with Gasteiger partial charge >= 0.3 is 0 Å². The van der Waals surface area contributed by atoms with E-state index in [1.807, 2.05) is 91.0 Å². The fourth-order valence-electron chi connectivity index (χ4n) is 2.85. The van der Waals surface area contributed by atoms with Crippen LogP contribution in [0.4, 0.5) is 0 Å². The zero-order chi connectivity index (χ0) is 16.4. The second-order valence-corrected chi connectivity index (χ2v) is 5.64. The highest BCUT2D eigenvalue weighted by molar-refractivity contribution is 6.15. The summed E-state index contributed by atoms with van der Waals surface area (Å²) in [5, 5.41) is 1.90. The van der Waals surface area contributed by atoms with E-state index in [4.69, 9.17) is 4.98 Å². The zero-order valence-corrected chi connectivity index (χ0v) is 13.0. The summed E-state index contributed by atoms with van der Waals surface area (Å²) in [4.78, 5) is 17.7. The number of rotatable bonds is 3. The Balaban J connectivity index is 1.95. The van der Waals surface area contributed by atoms with Gasteiger partial charge in [-0.3, -0.25) is 4.79 Å². The van der Waals surface area contributed by atoms with Crippen LogP contribution in [0.2, 0.25) is 0 Å². The molecule has 0 bridgehead atoms. The molecule has 4 rings (SSSR count). The van der Waals surface area contributed by atoms with Crippen LogP contribution in [0.1, 0.15) is 16.1 Å². The van der Waals surface area contributed by atoms with E-state index < -0.39 is 0 Å². The van der Waals surface area contributed by atoms with Gasteiger partial charge in [-0.25, -0.2) is 4.98 Å². The maximum atomic E-state index is 13.0. The molecule has 0 unspecified atom stereocenters. The molecule has 4 aromatic rings. The number of carbonyl (C=O) groups excluding carboxylic acids is 1. The van der Waals surface area contributed by atoms with Crippen LogP contribution in [-0.2, 0) is 0 Å². The van der Waals surface area contributed by atoms with Crippen molar-refractivity contribution in [2.45, 2.75) is 0 Å². The number of pyridine rings is 1. The number of ketones is 1. The first-order valence-electron chi connectivity index (χ1n) is 7.88. The fraction of sp³-hybridized carbons (Fsp3) is 0. The highest BCUT2D eigenvalue weighted by Crippen LogP contribution is 2.26. The molecule has 114 valence electrons. The lowest BCUT2D eigenvalue weighted by molar-refractivity contribution is 0.103. The van der Waals surface area contributed by atoms with Gasteiger partial charge < -0.3 is 0 Å². The molecule has 1 aromatic heterocycles. The molecule has 1 heterocycles. The third-order valence-corrected chi connectivity index (χ3v) is 4.06. The third kappa shape index (κ3) is 2.59. The Hall–Kier alpha value is -3.26. The Kier molecular flexibility index (Phi) is 3.64. The van der Waals surface area contributed by atoms with Crippen molar-refractivity contribution < 1.29 is 4.79 Å². The molecule has 0 spiro atoms. The Labute approximate surface area is 140 Å². The predicted octanol–water partition coefficient (Wildman–Crippen LogP) is 5.13. The highest BCUT2D eigenvalue weighted by Gasteiger charge is 2.16. The van der Waals surface area contributed by atoms with E-state index in [-0.39, 0.29) is 5.78 Å². The van der Waals surface area contributed by atoms with Gasteiger partial charge in [0.1, 0.15) is 5.69 Å². The minimum Gasteiger partial charge on any atom is -0.287 e. The van der Waals surface area contributed by atoms with Gasteiger partial charge in [0.15, 0.2) is 0 Å². The van der Waals surface area contributed by atoms with Crippen molar-refractivity contribution in [3.8, 4) is 11.3 Å². The molecular formula is C22H15NO. The van der Waals surface area contributed by atoms with Crippen molar-refractivity contribution in [1.29, 1.82) is 0 Å². The van der Waals surface area contributed by atoms with Gasteiger partial charge in [0, 0.05) is 16.5 Å². The lowest BCUT2D eigenvalue weighted by atomic mass is 10.00. The van der Waals surface area contributed by atoms with Gasteiger partial charge in [0.25, 0.3) is 0 Å². The topological polar surface area (TPSA) is 30.0 Å². The molecule has 3 aromatic carbocycles. The molecule has 0 aliphatic heterocycles. The molecule has 0 radical (unpaired) electrons. The zero-order valence-electron chi connectivity index (χ0n) is 13.0. The van der Waals surface area contributed by atoms with Gasteiger partial charge in [-0.1, -0.05) is 84.9 Å². The molecule has 0 aliphatic rings. The first-order valence-corrected chi connectivity index (χ1v) is 7.88. The maximum Gasteiger partial charge on any atom is 0.212 e. The van der Waals surface area contributed by atoms with Crippen molar-refractivity contribution in [3.05, 3.63) is 102 Å². The van der Waals surface area contributed by atoms with E-state index in [1.54, 1.807) is 0 Å². The summed E-state index contributed by atoms with van der Waals surface area (Å²) < 4.78 is 0. The molecule has 24 heavy (non-hydrogen) atoms. The minimum absolute atomic E-state index is 0.0513. The Morgan fingerprint density at radius 2 is 1.33 bits per heavy atom. The fourth-order valence-corrected chi connectivity index (χ4v) is 2.85. The summed E-state index contributed by atoms with van der Waals surface area (Å²) in [6.07, 6.45) is 0. The Bertz CT molecular complexity index is 1010. The van der Waals surface area contributed by atoms with E-state index in [2.05, 4.69) is 0 Å². The van der Waals surface area contributed by atoms with Crippen LogP contribution in [0.5, 0.6) is 0 Å². The summed E-state index contributed by atoms with van der Waals surface area (Å²) in [5.41, 5.74) is 2.97. The average Bonchev–Trinajstić information content (AvgIpc) is 2.68. The minimum atomic E-state index is -0.0513. The Morgan fingerprint density at radius 3 is 2.08 bits per heavy atom. The number of fused-ring (bicyclic) bond motifs is 1. The van der Waals surface area contributed by atoms with Crippen LogP contribution in [-0.4, -0.2) is 10.8 Å². The Morgan fingerprint density at radius 1 is 0.708 bits per heavy atom. The van der Waals surface area contributed by atoms with Gasteiger partial charge in [-0.05, 0) is 11.5 Å². The molecule has 0 aliphatic carbocycles. The average molecular weight is 309 g/mol. The van der Waals surface area contributed by atoms with Crippen molar-refractivity contribution in [3.63, 3.8) is 0 Å². The number of hydrogen-bond acceptors (Lipinski definition) is 2. The summed E-state index contributed by atoms with van der Waals surface area (Å²) in [6.45, 7) is 0. The lowest BCUT2D eigenvalue weighted by Gasteiger charge is -2.09. The summed E-state index contributed by atoms with van der Waals surface area (Å²) >= 11 is 0. The largest absolute Gasteiger partial charge is 0.287 e. The molecule has 2 nitrogen and oxygen atoms in total. The molecular weight excluding hydrogens is 294 g/mol. The molecule has 0 saturated carbocycles. The molecule has 0 N–H and O–H groups in total. The number of carbonyl (C=O) groups is 1. The third-order valence-electron chi connectivity index (χ3n) is 4.06. The van der Waals surface area contributed by atoms with E-state index in [0.29, 0.717) is 11.3 Å². The summed E-state index contributed by atoms with van der Waals surface area (Å²) in [6, 6.07) is 29.2. The molecule has 0 saturated heterocycles. The quantitative estimate of drug-likeness (QED) is 0.491. The van der Waals surface area contributed by atoms with E-state index in [0.717, 1.165) is 22.0 Å². The number of aromatic nitrogens is 1. The number of benzene rings is 3. The van der Waals surface area contributed by atoms with Crippen molar-refractivity contribution in [2.24, 2.45) is 0 Å². The lowest BCUT2D eigenvalue weighted by Crippen LogP contribution is -2.06. The van der Waals surface area contributed by atoms with Crippen molar-refractivity contribution >= 4 is 16.6 Å². The highest BCUT2D eigenvalue weighted by atomic mass is 16.1. The number of nitrogens with zero attached hydrogens (tertiary/aromatic N) is 1. The first-order chi connectivity index (χ1) is 11.8. The van der Waals surface area contributed by atoms with Crippen LogP contribution in [0.25, 0.3) is 22.0 Å². The smallest absolute Gasteiger partial charge is 0.212 e. The second kappa shape index (κ2) is 6.09. The summed E-state index contributed by atoms with van der Waals surface area (Å²) in [7, 11) is 0. The molecule has 0 fully saturated rings. The van der Waals surface area contributed by atoms with Crippen molar-refractivity contribution in [2.75, 3.05) is 0 Å². The second-order valence-electron chi connectivity index (χ2n) is 5.64. The van der Waals surface area contributed by atoms with Crippen LogP contribution >= 0.6 is 0 Å². The predicted molar refractivity (Wildman–Crippen MR) is 97.1 cm³/mol. The molecule has 0 atom stereocenters. The van der Waals surface area contributed by atoms with Crippen LogP contribution in [0, 0.1) is 0 Å². The van der Waals surface area contributed by atoms with Gasteiger partial charge in [0.2, 0.25) is 5.78 Å². The van der Waals surface area contributed by atoms with Gasteiger partial charge in [-0.15, -0.1) is 0 Å². The standard InChI is InChI=1S/C22H15NO/c24-22(17-11-5-2-6-12-17)21-19-14-8-7-13-18(19)15-20(23-21)16-9-3-1-4-10-16/h1-15H.